The molecular formula is C15H23ClN2O3. The number of halogens is 1. The Hall–Kier alpha value is -0.910. The second kappa shape index (κ2) is 7.38. The first-order valence-electron chi connectivity index (χ1n) is 7.45. The maximum atomic E-state index is 13.1. The van der Waals surface area contributed by atoms with Crippen molar-refractivity contribution in [3.05, 3.63) is 16.9 Å². The topological polar surface area (TPSA) is 53.4 Å². The third-order valence-electron chi connectivity index (χ3n) is 4.23. The largest absolute Gasteiger partial charge is 0.383 e. The quantitative estimate of drug-likeness (QED) is 0.598. The van der Waals surface area contributed by atoms with Gasteiger partial charge in [0.25, 0.3) is 0 Å². The van der Waals surface area contributed by atoms with E-state index >= 15 is 0 Å². The number of hydrogen-bond acceptors (Lipinski definition) is 4. The van der Waals surface area contributed by atoms with Gasteiger partial charge in [0.2, 0.25) is 5.78 Å². The Morgan fingerprint density at radius 2 is 2.00 bits per heavy atom. The molecule has 0 aromatic carbocycles. The van der Waals surface area contributed by atoms with E-state index in [1.54, 1.807) is 18.9 Å². The molecule has 0 radical (unpaired) electrons. The van der Waals surface area contributed by atoms with Crippen LogP contribution in [0.4, 0.5) is 0 Å². The Labute approximate surface area is 130 Å². The second-order valence-electron chi connectivity index (χ2n) is 5.50. The van der Waals surface area contributed by atoms with Crippen molar-refractivity contribution in [2.45, 2.75) is 50.7 Å². The van der Waals surface area contributed by atoms with Crippen molar-refractivity contribution in [3.8, 4) is 0 Å². The zero-order chi connectivity index (χ0) is 15.3. The maximum absolute atomic E-state index is 13.1. The van der Waals surface area contributed by atoms with E-state index < -0.39 is 5.60 Å². The number of rotatable bonds is 6. The lowest BCUT2D eigenvalue weighted by Crippen LogP contribution is -2.41. The summed E-state index contributed by atoms with van der Waals surface area (Å²) in [6.45, 7) is 0.988. The zero-order valence-electron chi connectivity index (χ0n) is 12.7. The van der Waals surface area contributed by atoms with Crippen LogP contribution in [0.25, 0.3) is 0 Å². The van der Waals surface area contributed by atoms with Gasteiger partial charge in [0.15, 0.2) is 0 Å². The number of carbonyl (C=O) groups is 1. The Bertz CT molecular complexity index is 479. The number of hydrogen-bond donors (Lipinski definition) is 0. The minimum atomic E-state index is -0.759. The summed E-state index contributed by atoms with van der Waals surface area (Å²) in [6.07, 6.45) is 7.31. The molecule has 0 N–H and O–H groups in total. The van der Waals surface area contributed by atoms with Crippen LogP contribution in [0.3, 0.4) is 0 Å². The van der Waals surface area contributed by atoms with Crippen LogP contribution >= 0.6 is 11.6 Å². The molecule has 1 aliphatic carbocycles. The number of carbonyl (C=O) groups excluding carboxylic acids is 1. The summed E-state index contributed by atoms with van der Waals surface area (Å²) < 4.78 is 12.4. The molecule has 5 nitrogen and oxygen atoms in total. The van der Waals surface area contributed by atoms with E-state index in [9.17, 15) is 4.79 Å². The van der Waals surface area contributed by atoms with Gasteiger partial charge in [0.1, 0.15) is 11.3 Å². The van der Waals surface area contributed by atoms with E-state index in [2.05, 4.69) is 5.10 Å². The molecule has 1 aromatic rings. The zero-order valence-corrected chi connectivity index (χ0v) is 13.5. The molecule has 2 rings (SSSR count). The Morgan fingerprint density at radius 3 is 2.57 bits per heavy atom. The van der Waals surface area contributed by atoms with Crippen LogP contribution < -0.4 is 0 Å². The van der Waals surface area contributed by atoms with E-state index in [1.165, 1.54) is 6.20 Å². The molecule has 0 saturated heterocycles. The SMILES string of the molecule is COCCn1ncc(Cl)c1C(=O)C1(OC)CCCCCC1. The van der Waals surface area contributed by atoms with Gasteiger partial charge in [0.05, 0.1) is 24.4 Å². The van der Waals surface area contributed by atoms with E-state index in [1.807, 2.05) is 0 Å². The summed E-state index contributed by atoms with van der Waals surface area (Å²) in [6, 6.07) is 0. The van der Waals surface area contributed by atoms with E-state index in [0.29, 0.717) is 23.9 Å². The van der Waals surface area contributed by atoms with Crippen molar-refractivity contribution in [1.82, 2.24) is 9.78 Å². The highest BCUT2D eigenvalue weighted by atomic mass is 35.5. The van der Waals surface area contributed by atoms with E-state index in [-0.39, 0.29) is 5.78 Å². The number of methoxy groups -OCH3 is 2. The maximum Gasteiger partial charge on any atom is 0.214 e. The van der Waals surface area contributed by atoms with Crippen LogP contribution in [-0.4, -0.2) is 42.0 Å². The average Bonchev–Trinajstić information content (AvgIpc) is 2.72. The fraction of sp³-hybridized carbons (Fsp3) is 0.733. The third-order valence-corrected chi connectivity index (χ3v) is 4.51. The number of nitrogens with zero attached hydrogens (tertiary/aromatic N) is 2. The predicted molar refractivity (Wildman–Crippen MR) is 80.9 cm³/mol. The summed E-state index contributed by atoms with van der Waals surface area (Å²) in [5.74, 6) is -0.0505. The molecule has 1 aromatic heterocycles. The molecule has 6 heteroatoms. The van der Waals surface area contributed by atoms with Crippen LogP contribution in [0.5, 0.6) is 0 Å². The fourth-order valence-electron chi connectivity index (χ4n) is 2.97. The van der Waals surface area contributed by atoms with Crippen LogP contribution in [-0.2, 0) is 16.0 Å². The molecule has 0 unspecified atom stereocenters. The summed E-state index contributed by atoms with van der Waals surface area (Å²) in [5.41, 5.74) is -0.317. The smallest absolute Gasteiger partial charge is 0.214 e. The summed E-state index contributed by atoms with van der Waals surface area (Å²) in [7, 11) is 3.24. The highest BCUT2D eigenvalue weighted by Gasteiger charge is 2.41. The van der Waals surface area contributed by atoms with Crippen molar-refractivity contribution in [2.24, 2.45) is 0 Å². The van der Waals surface area contributed by atoms with E-state index in [4.69, 9.17) is 21.1 Å². The van der Waals surface area contributed by atoms with Gasteiger partial charge in [-0.05, 0) is 12.8 Å². The number of ketones is 1. The van der Waals surface area contributed by atoms with Gasteiger partial charge in [0, 0.05) is 14.2 Å². The highest BCUT2D eigenvalue weighted by Crippen LogP contribution is 2.34. The Balaban J connectivity index is 2.30. The molecule has 1 saturated carbocycles. The Morgan fingerprint density at radius 1 is 1.33 bits per heavy atom. The highest BCUT2D eigenvalue weighted by molar-refractivity contribution is 6.34. The molecule has 0 spiro atoms. The van der Waals surface area contributed by atoms with Crippen molar-refractivity contribution < 1.29 is 14.3 Å². The van der Waals surface area contributed by atoms with Gasteiger partial charge >= 0.3 is 0 Å². The standard InChI is InChI=1S/C15H23ClN2O3/c1-20-10-9-18-13(12(16)11-17-18)14(19)15(21-2)7-5-3-4-6-8-15/h11H,3-10H2,1-2H3. The summed E-state index contributed by atoms with van der Waals surface area (Å²) in [5, 5.41) is 4.57. The minimum Gasteiger partial charge on any atom is -0.383 e. The van der Waals surface area contributed by atoms with Gasteiger partial charge in [-0.2, -0.15) is 5.10 Å². The van der Waals surface area contributed by atoms with Crippen LogP contribution in [0.15, 0.2) is 6.20 Å². The van der Waals surface area contributed by atoms with Crippen LogP contribution in [0.1, 0.15) is 49.0 Å². The molecule has 118 valence electrons. The predicted octanol–water partition coefficient (Wildman–Crippen LogP) is 3.11. The van der Waals surface area contributed by atoms with Crippen LogP contribution in [0, 0.1) is 0 Å². The summed E-state index contributed by atoms with van der Waals surface area (Å²) >= 11 is 6.20. The van der Waals surface area contributed by atoms with Crippen molar-refractivity contribution in [2.75, 3.05) is 20.8 Å². The first kappa shape index (κ1) is 16.5. The van der Waals surface area contributed by atoms with Gasteiger partial charge in [-0.15, -0.1) is 0 Å². The fourth-order valence-corrected chi connectivity index (χ4v) is 3.20. The molecule has 0 atom stereocenters. The average molecular weight is 315 g/mol. The lowest BCUT2D eigenvalue weighted by Gasteiger charge is -2.30. The van der Waals surface area contributed by atoms with Crippen molar-refractivity contribution in [3.63, 3.8) is 0 Å². The van der Waals surface area contributed by atoms with Gasteiger partial charge in [-0.3, -0.25) is 9.48 Å². The third kappa shape index (κ3) is 3.47. The molecule has 1 fully saturated rings. The Kier molecular flexibility index (Phi) is 5.79. The van der Waals surface area contributed by atoms with Crippen molar-refractivity contribution in [1.29, 1.82) is 0 Å². The molecular weight excluding hydrogens is 292 g/mol. The summed E-state index contributed by atoms with van der Waals surface area (Å²) in [4.78, 5) is 13.1. The number of Topliss-reactive ketones (excluding diaryl/α,β-unsaturated/α-hetero) is 1. The molecule has 21 heavy (non-hydrogen) atoms. The molecule has 0 bridgehead atoms. The number of ether oxygens (including phenoxy) is 2. The number of aromatic nitrogens is 2. The molecule has 1 aliphatic rings. The molecule has 0 amide bonds. The van der Waals surface area contributed by atoms with Gasteiger partial charge in [-0.25, -0.2) is 0 Å². The first-order valence-corrected chi connectivity index (χ1v) is 7.82. The minimum absolute atomic E-state index is 0.0505. The molecule has 0 aliphatic heterocycles. The van der Waals surface area contributed by atoms with E-state index in [0.717, 1.165) is 38.5 Å². The van der Waals surface area contributed by atoms with Crippen LogP contribution in [0.2, 0.25) is 5.02 Å². The first-order chi connectivity index (χ1) is 10.1. The lowest BCUT2D eigenvalue weighted by atomic mass is 9.87. The van der Waals surface area contributed by atoms with Crippen molar-refractivity contribution >= 4 is 17.4 Å². The monoisotopic (exact) mass is 314 g/mol. The lowest BCUT2D eigenvalue weighted by molar-refractivity contribution is -0.00781. The van der Waals surface area contributed by atoms with Gasteiger partial charge in [-0.1, -0.05) is 37.3 Å². The normalized spacial score (nSPS) is 18.4. The van der Waals surface area contributed by atoms with Gasteiger partial charge < -0.3 is 9.47 Å². The molecule has 1 heterocycles. The second-order valence-corrected chi connectivity index (χ2v) is 5.91.